The zero-order chi connectivity index (χ0) is 80.5. The van der Waals surface area contributed by atoms with Crippen LogP contribution in [0.4, 0.5) is 0 Å². The van der Waals surface area contributed by atoms with E-state index in [-0.39, 0.29) is 10.8 Å². The van der Waals surface area contributed by atoms with Crippen molar-refractivity contribution in [3.8, 4) is 67.3 Å². The summed E-state index contributed by atoms with van der Waals surface area (Å²) in [6, 6.07) is 133. The van der Waals surface area contributed by atoms with Crippen molar-refractivity contribution >= 4 is 131 Å². The summed E-state index contributed by atoms with van der Waals surface area (Å²) in [5, 5.41) is 14.8. The van der Waals surface area contributed by atoms with E-state index < -0.39 is 0 Å². The molecule has 22 aromatic rings. The predicted octanol–water partition coefficient (Wildman–Crippen LogP) is 29.9. The van der Waals surface area contributed by atoms with Gasteiger partial charge in [0.05, 0.1) is 71.9 Å². The van der Waals surface area contributed by atoms with Crippen molar-refractivity contribution in [3.05, 3.63) is 374 Å². The summed E-state index contributed by atoms with van der Waals surface area (Å²) in [7, 11) is 0. The highest BCUT2D eigenvalue weighted by molar-refractivity contribution is 6.17. The molecule has 8 bridgehead atoms. The average Bonchev–Trinajstić information content (AvgIpc) is 1.49. The van der Waals surface area contributed by atoms with Gasteiger partial charge in [0.1, 0.15) is 0 Å². The van der Waals surface area contributed by atoms with E-state index in [0.29, 0.717) is 0 Å². The minimum absolute atomic E-state index is 0.140. The Kier molecular flexibility index (Phi) is 14.0. The van der Waals surface area contributed by atoms with Gasteiger partial charge in [-0.15, -0.1) is 0 Å². The number of pyridine rings is 2. The number of aromatic nitrogens is 6. The standard InChI is InChI=1S/2C59H43N3/c1-6-16-50-42(11-1)43-24-23-41(34-51(43)59(50)39-28-35-27-36(30-39)31-40(59)29-35)61-54-19-9-4-12-44(54)48-32-37(21-25-56(48)61)38-22-26-57-49(33-38)45-13-5-10-20-55(45)62(57)58-46-14-2-7-17-52(46)60-53-18-8-3-15-47(53)58;1-6-14-53-39(9-1)30-40-17-20-44(34-54(40)60-53)62-56-16-8-4-12-48(56)50-32-38(19-24-58(50)62)37-18-23-57-49(31-37)47-11-3-7-15-55(47)61(57)43-21-22-46-45-10-2-5-13-51(45)59(52(46)33-43)41-26-35-25-36(28-41)29-42(59)27-35/h1-26,32-36,39-40H,27-31H2;1-24,30-36,41-42H,25-29H2. The Bertz CT molecular complexity index is 8330. The number of benzene rings is 16. The zero-order valence-electron chi connectivity index (χ0n) is 68.9. The number of hydrogen-bond acceptors (Lipinski definition) is 2. The average molecular weight is 1590 g/mol. The highest BCUT2D eigenvalue weighted by Crippen LogP contribution is 2.72. The molecule has 10 aliphatic rings. The van der Waals surface area contributed by atoms with Crippen molar-refractivity contribution < 1.29 is 0 Å². The number of fused-ring (bicyclic) bond motifs is 22. The van der Waals surface area contributed by atoms with Crippen LogP contribution in [0.5, 0.6) is 0 Å². The number of rotatable bonds is 6. The van der Waals surface area contributed by atoms with Crippen molar-refractivity contribution in [1.82, 2.24) is 28.2 Å². The highest BCUT2D eigenvalue weighted by atomic mass is 15.0. The first-order valence-electron chi connectivity index (χ1n) is 45.6. The van der Waals surface area contributed by atoms with E-state index in [0.717, 1.165) is 91.3 Å². The van der Waals surface area contributed by atoms with Crippen LogP contribution in [-0.4, -0.2) is 28.2 Å². The third kappa shape index (κ3) is 9.34. The van der Waals surface area contributed by atoms with Gasteiger partial charge in [0, 0.05) is 92.5 Å². The summed E-state index contributed by atoms with van der Waals surface area (Å²) in [4.78, 5) is 10.1. The molecule has 0 saturated heterocycles. The molecule has 0 N–H and O–H groups in total. The molecular weight excluding hydrogens is 1500 g/mol. The summed E-state index contributed by atoms with van der Waals surface area (Å²) in [6.45, 7) is 0. The minimum atomic E-state index is 0.140. The summed E-state index contributed by atoms with van der Waals surface area (Å²) in [5.41, 5.74) is 36.4. The van der Waals surface area contributed by atoms with Crippen LogP contribution < -0.4 is 0 Å². The number of nitrogens with zero attached hydrogens (tertiary/aromatic N) is 6. The quantitative estimate of drug-likeness (QED) is 0.156. The van der Waals surface area contributed by atoms with E-state index in [1.165, 1.54) is 218 Å². The molecule has 8 saturated carbocycles. The first-order chi connectivity index (χ1) is 61.4. The third-order valence-electron chi connectivity index (χ3n) is 32.5. The fourth-order valence-corrected chi connectivity index (χ4v) is 28.2. The molecule has 588 valence electrons. The second kappa shape index (κ2) is 25.4. The maximum Gasteiger partial charge on any atom is 0.0730 e. The molecule has 8 fully saturated rings. The largest absolute Gasteiger partial charge is 0.309 e. The second-order valence-corrected chi connectivity index (χ2v) is 38.3. The highest BCUT2D eigenvalue weighted by Gasteiger charge is 2.63. The Labute approximate surface area is 717 Å². The third-order valence-corrected chi connectivity index (χ3v) is 32.5. The van der Waals surface area contributed by atoms with E-state index in [9.17, 15) is 0 Å². The summed E-state index contributed by atoms with van der Waals surface area (Å²) >= 11 is 0. The first kappa shape index (κ1) is 68.7. The molecule has 32 rings (SSSR count). The Hall–Kier alpha value is -13.9. The SMILES string of the molecule is c1ccc2c(c1)-c1ccc(-n3c4ccccc4c4cc(-c5ccc6c(c5)c5ccccc5n6-c5c6ccccc6nc6ccccc56)ccc43)cc1C21C2CC3CC(C2)CC1C3.c1ccc2c(c1)-c1ccc(-n3c4ccccc4c4cc(-c5ccc6c(c5)c5ccccc5n6-c5ccc6cc7ccccc7nc6c5)ccc43)cc1C21C2CC3CC(C2)CC1C3. The molecule has 6 heteroatoms. The maximum absolute atomic E-state index is 5.07. The lowest BCUT2D eigenvalue weighted by atomic mass is 9.43. The molecule has 0 amide bonds. The molecule has 6 aromatic heterocycles. The van der Waals surface area contributed by atoms with Crippen molar-refractivity contribution in [3.63, 3.8) is 0 Å². The van der Waals surface area contributed by atoms with E-state index in [2.05, 4.69) is 370 Å². The van der Waals surface area contributed by atoms with Crippen molar-refractivity contribution in [2.24, 2.45) is 47.3 Å². The van der Waals surface area contributed by atoms with Crippen LogP contribution in [-0.2, 0) is 10.8 Å². The summed E-state index contributed by atoms with van der Waals surface area (Å²) in [5.74, 6) is 6.68. The van der Waals surface area contributed by atoms with Crippen LogP contribution in [0.3, 0.4) is 0 Å². The molecule has 124 heavy (non-hydrogen) atoms. The Morgan fingerprint density at radius 1 is 0.202 bits per heavy atom. The van der Waals surface area contributed by atoms with Crippen molar-refractivity contribution in [1.29, 1.82) is 0 Å². The smallest absolute Gasteiger partial charge is 0.0730 e. The van der Waals surface area contributed by atoms with Crippen molar-refractivity contribution in [2.45, 2.75) is 75.0 Å². The molecule has 6 nitrogen and oxygen atoms in total. The monoisotopic (exact) mass is 1590 g/mol. The molecule has 0 aliphatic heterocycles. The van der Waals surface area contributed by atoms with Crippen LogP contribution in [0.2, 0.25) is 0 Å². The molecule has 16 aromatic carbocycles. The number of hydrogen-bond donors (Lipinski definition) is 0. The molecule has 0 radical (unpaired) electrons. The van der Waals surface area contributed by atoms with E-state index in [1.807, 2.05) is 0 Å². The van der Waals surface area contributed by atoms with E-state index in [4.69, 9.17) is 9.97 Å². The van der Waals surface area contributed by atoms with E-state index >= 15 is 0 Å². The Morgan fingerprint density at radius 3 is 0.935 bits per heavy atom. The van der Waals surface area contributed by atoms with Gasteiger partial charge in [0.25, 0.3) is 0 Å². The van der Waals surface area contributed by atoms with Gasteiger partial charge in [0.2, 0.25) is 0 Å². The van der Waals surface area contributed by atoms with Gasteiger partial charge in [-0.1, -0.05) is 218 Å². The van der Waals surface area contributed by atoms with Crippen LogP contribution in [0, 0.1) is 47.3 Å². The van der Waals surface area contributed by atoms with Crippen LogP contribution >= 0.6 is 0 Å². The van der Waals surface area contributed by atoms with Crippen LogP contribution in [0.25, 0.3) is 198 Å². The topological polar surface area (TPSA) is 45.5 Å². The Morgan fingerprint density at radius 2 is 0.508 bits per heavy atom. The zero-order valence-corrected chi connectivity index (χ0v) is 68.9. The van der Waals surface area contributed by atoms with Gasteiger partial charge >= 0.3 is 0 Å². The van der Waals surface area contributed by atoms with E-state index in [1.54, 1.807) is 22.3 Å². The molecule has 2 spiro atoms. The maximum atomic E-state index is 5.07. The fraction of sp³-hybridized carbons (Fsp3) is 0.169. The minimum Gasteiger partial charge on any atom is -0.309 e. The predicted molar refractivity (Wildman–Crippen MR) is 513 cm³/mol. The van der Waals surface area contributed by atoms with Gasteiger partial charge in [-0.25, -0.2) is 9.97 Å². The summed E-state index contributed by atoms with van der Waals surface area (Å²) in [6.07, 6.45) is 14.1. The second-order valence-electron chi connectivity index (χ2n) is 38.3. The van der Waals surface area contributed by atoms with Gasteiger partial charge in [0.15, 0.2) is 0 Å². The van der Waals surface area contributed by atoms with Gasteiger partial charge < -0.3 is 18.3 Å². The summed E-state index contributed by atoms with van der Waals surface area (Å²) < 4.78 is 9.99. The fourth-order valence-electron chi connectivity index (χ4n) is 28.2. The molecule has 0 atom stereocenters. The number of para-hydroxylation sites is 7. The van der Waals surface area contributed by atoms with Crippen LogP contribution in [0.1, 0.15) is 86.5 Å². The lowest BCUT2D eigenvalue weighted by Gasteiger charge is -2.61. The van der Waals surface area contributed by atoms with Gasteiger partial charge in [-0.05, 0) is 312 Å². The normalized spacial score (nSPS) is 22.3. The van der Waals surface area contributed by atoms with Crippen LogP contribution in [0.15, 0.2) is 352 Å². The molecular formula is C118H86N6. The lowest BCUT2D eigenvalue weighted by molar-refractivity contribution is -0.0399. The first-order valence-corrected chi connectivity index (χ1v) is 45.6. The molecule has 0 unspecified atom stereocenters. The van der Waals surface area contributed by atoms with Gasteiger partial charge in [-0.2, -0.15) is 0 Å². The molecule has 6 heterocycles. The lowest BCUT2D eigenvalue weighted by Crippen LogP contribution is -2.55. The molecule has 10 aliphatic carbocycles. The van der Waals surface area contributed by atoms with Gasteiger partial charge in [-0.3, -0.25) is 0 Å². The van der Waals surface area contributed by atoms with Crippen molar-refractivity contribution in [2.75, 3.05) is 0 Å². The Balaban J connectivity index is 0.000000124.